The summed E-state index contributed by atoms with van der Waals surface area (Å²) >= 11 is 0. The van der Waals surface area contributed by atoms with Crippen molar-refractivity contribution in [2.45, 2.75) is 24.6 Å². The zero-order valence-electron chi connectivity index (χ0n) is 18.9. The first-order valence-electron chi connectivity index (χ1n) is 10.9. The Balaban J connectivity index is 0.000000405. The summed E-state index contributed by atoms with van der Waals surface area (Å²) in [6, 6.07) is 12.5. The van der Waals surface area contributed by atoms with Crippen LogP contribution in [0.15, 0.2) is 61.1 Å². The van der Waals surface area contributed by atoms with Gasteiger partial charge in [0.15, 0.2) is 6.10 Å². The van der Waals surface area contributed by atoms with Gasteiger partial charge in [-0.25, -0.2) is 18.6 Å². The third-order valence-electron chi connectivity index (χ3n) is 5.64. The number of benzene rings is 1. The van der Waals surface area contributed by atoms with Crippen LogP contribution in [0.25, 0.3) is 21.8 Å². The van der Waals surface area contributed by atoms with Gasteiger partial charge in [-0.15, -0.1) is 0 Å². The number of aromatic amines is 1. The van der Waals surface area contributed by atoms with Gasteiger partial charge in [0, 0.05) is 42.2 Å². The van der Waals surface area contributed by atoms with Crippen molar-refractivity contribution in [3.8, 4) is 5.88 Å². The van der Waals surface area contributed by atoms with E-state index in [9.17, 15) is 26.7 Å². The van der Waals surface area contributed by atoms with Crippen LogP contribution in [0.2, 0.25) is 0 Å². The Morgan fingerprint density at radius 3 is 2.57 bits per heavy atom. The quantitative estimate of drug-likeness (QED) is 0.379. The number of ether oxygens (including phenoxy) is 1. The lowest BCUT2D eigenvalue weighted by Gasteiger charge is -2.38. The minimum Gasteiger partial charge on any atom is -0.475 e. The summed E-state index contributed by atoms with van der Waals surface area (Å²) in [6.07, 6.45) is -2.25. The summed E-state index contributed by atoms with van der Waals surface area (Å²) < 4.78 is 66.5. The van der Waals surface area contributed by atoms with E-state index in [1.165, 1.54) is 11.1 Å². The van der Waals surface area contributed by atoms with E-state index in [4.69, 9.17) is 14.6 Å². The van der Waals surface area contributed by atoms with Crippen molar-refractivity contribution in [1.82, 2.24) is 19.9 Å². The standard InChI is InChI=1S/C22H18F2N4O2.C2HF3O2/c23-22(24)8-10-28(21(29)16-11-25-12-18-15(16)7-9-26-18)13-19(22)30-20-6-5-14-3-1-2-4-17(14)27-20;3-2(4,5)1(6)7/h1-7,9,11-12,19,26H,8,10,13H2;(H,6,7). The Morgan fingerprint density at radius 2 is 1.84 bits per heavy atom. The van der Waals surface area contributed by atoms with Gasteiger partial charge in [0.25, 0.3) is 11.8 Å². The molecule has 1 unspecified atom stereocenters. The summed E-state index contributed by atoms with van der Waals surface area (Å²) in [5, 5.41) is 8.73. The van der Waals surface area contributed by atoms with Gasteiger partial charge in [0.1, 0.15) is 0 Å². The summed E-state index contributed by atoms with van der Waals surface area (Å²) in [5.74, 6) is -6.06. The second kappa shape index (κ2) is 9.99. The number of aromatic nitrogens is 3. The highest BCUT2D eigenvalue weighted by molar-refractivity contribution is 6.05. The van der Waals surface area contributed by atoms with Crippen LogP contribution in [0, 0.1) is 0 Å². The molecule has 0 spiro atoms. The SMILES string of the molecule is O=C(O)C(F)(F)F.O=C(c1cncc2[nH]ccc12)N1CCC(F)(F)C(Oc2ccc3ccccc3n2)C1. The van der Waals surface area contributed by atoms with Crippen LogP contribution in [0.4, 0.5) is 22.0 Å². The Bertz CT molecular complexity index is 1440. The number of halogens is 5. The maximum atomic E-state index is 14.6. The first-order chi connectivity index (χ1) is 17.5. The third-order valence-corrected chi connectivity index (χ3v) is 5.64. The number of hydrogen-bond donors (Lipinski definition) is 2. The molecule has 1 aliphatic rings. The maximum Gasteiger partial charge on any atom is 0.490 e. The lowest BCUT2D eigenvalue weighted by Crippen LogP contribution is -2.55. The molecule has 194 valence electrons. The molecule has 1 amide bonds. The molecule has 1 saturated heterocycles. The molecule has 5 rings (SSSR count). The molecule has 3 aromatic heterocycles. The van der Waals surface area contributed by atoms with E-state index in [1.54, 1.807) is 36.7 Å². The van der Waals surface area contributed by atoms with E-state index in [2.05, 4.69) is 15.0 Å². The van der Waals surface area contributed by atoms with E-state index in [1.807, 2.05) is 18.2 Å². The molecule has 1 aromatic carbocycles. The number of pyridine rings is 2. The molecular weight excluding hydrogens is 503 g/mol. The number of likely N-dealkylation sites (tertiary alicyclic amines) is 1. The van der Waals surface area contributed by atoms with Gasteiger partial charge in [-0.2, -0.15) is 13.2 Å². The van der Waals surface area contributed by atoms with Gasteiger partial charge < -0.3 is 19.7 Å². The predicted octanol–water partition coefficient (Wildman–Crippen LogP) is 4.67. The van der Waals surface area contributed by atoms with Crippen molar-refractivity contribution >= 4 is 33.7 Å². The molecule has 13 heteroatoms. The van der Waals surface area contributed by atoms with Crippen LogP contribution in [0.3, 0.4) is 0 Å². The number of carboxylic acid groups (broad SMARTS) is 1. The summed E-state index contributed by atoms with van der Waals surface area (Å²) in [4.78, 5) is 34.7. The number of H-pyrrole nitrogens is 1. The molecule has 1 aliphatic heterocycles. The lowest BCUT2D eigenvalue weighted by atomic mass is 10.0. The number of hydrogen-bond acceptors (Lipinski definition) is 5. The van der Waals surface area contributed by atoms with Crippen LogP contribution in [-0.4, -0.2) is 68.1 Å². The highest BCUT2D eigenvalue weighted by Crippen LogP contribution is 2.33. The number of carbonyl (C=O) groups excluding carboxylic acids is 1. The number of piperidine rings is 1. The van der Waals surface area contributed by atoms with Crippen molar-refractivity contribution in [2.75, 3.05) is 13.1 Å². The van der Waals surface area contributed by atoms with Gasteiger partial charge in [0.05, 0.1) is 29.3 Å². The molecular formula is C24H19F5N4O4. The monoisotopic (exact) mass is 522 g/mol. The summed E-state index contributed by atoms with van der Waals surface area (Å²) in [5.41, 5.74) is 1.75. The fourth-order valence-corrected chi connectivity index (χ4v) is 3.76. The molecule has 0 saturated carbocycles. The van der Waals surface area contributed by atoms with Gasteiger partial charge in [-0.3, -0.25) is 9.78 Å². The van der Waals surface area contributed by atoms with E-state index >= 15 is 0 Å². The molecule has 0 bridgehead atoms. The molecule has 1 atom stereocenters. The van der Waals surface area contributed by atoms with Crippen molar-refractivity contribution < 1.29 is 41.4 Å². The minimum atomic E-state index is -5.08. The summed E-state index contributed by atoms with van der Waals surface area (Å²) in [7, 11) is 0. The van der Waals surface area contributed by atoms with Crippen LogP contribution in [0.5, 0.6) is 5.88 Å². The molecule has 2 N–H and O–H groups in total. The maximum absolute atomic E-state index is 14.6. The van der Waals surface area contributed by atoms with Crippen LogP contribution in [-0.2, 0) is 4.79 Å². The highest BCUT2D eigenvalue weighted by Gasteiger charge is 2.47. The summed E-state index contributed by atoms with van der Waals surface area (Å²) in [6.45, 7) is -0.293. The van der Waals surface area contributed by atoms with Crippen LogP contribution >= 0.6 is 0 Å². The number of amides is 1. The third kappa shape index (κ3) is 5.76. The number of carboxylic acids is 1. The number of aliphatic carboxylic acids is 1. The van der Waals surface area contributed by atoms with Gasteiger partial charge in [0.2, 0.25) is 5.88 Å². The number of nitrogens with one attached hydrogen (secondary N) is 1. The van der Waals surface area contributed by atoms with E-state index in [-0.39, 0.29) is 24.9 Å². The van der Waals surface area contributed by atoms with Crippen molar-refractivity contribution in [3.05, 3.63) is 66.6 Å². The number of fused-ring (bicyclic) bond motifs is 2. The first kappa shape index (κ1) is 25.8. The number of nitrogens with zero attached hydrogens (tertiary/aromatic N) is 3. The predicted molar refractivity (Wildman–Crippen MR) is 121 cm³/mol. The zero-order chi connectivity index (χ0) is 26.8. The molecule has 8 nitrogen and oxygen atoms in total. The number of carbonyl (C=O) groups is 2. The fourth-order valence-electron chi connectivity index (χ4n) is 3.76. The largest absolute Gasteiger partial charge is 0.490 e. The molecule has 4 heterocycles. The average Bonchev–Trinajstić information content (AvgIpc) is 3.34. The van der Waals surface area contributed by atoms with Crippen LogP contribution < -0.4 is 4.74 Å². The number of rotatable bonds is 3. The van der Waals surface area contributed by atoms with Gasteiger partial charge in [-0.05, 0) is 18.2 Å². The second-order valence-electron chi connectivity index (χ2n) is 8.14. The second-order valence-corrected chi connectivity index (χ2v) is 8.14. The lowest BCUT2D eigenvalue weighted by molar-refractivity contribution is -0.192. The van der Waals surface area contributed by atoms with Crippen LogP contribution in [0.1, 0.15) is 16.8 Å². The fraction of sp³-hybridized carbons (Fsp3) is 0.250. The Hall–Kier alpha value is -4.29. The molecule has 1 fully saturated rings. The van der Waals surface area contributed by atoms with E-state index in [0.29, 0.717) is 16.5 Å². The molecule has 0 radical (unpaired) electrons. The smallest absolute Gasteiger partial charge is 0.475 e. The topological polar surface area (TPSA) is 108 Å². The highest BCUT2D eigenvalue weighted by atomic mass is 19.4. The Labute approximate surface area is 205 Å². The van der Waals surface area contributed by atoms with E-state index < -0.39 is 30.6 Å². The number of alkyl halides is 5. The Morgan fingerprint density at radius 1 is 1.11 bits per heavy atom. The van der Waals surface area contributed by atoms with Gasteiger partial charge >= 0.3 is 12.1 Å². The normalized spacial score (nSPS) is 17.2. The van der Waals surface area contributed by atoms with Gasteiger partial charge in [-0.1, -0.05) is 18.2 Å². The van der Waals surface area contributed by atoms with Crippen molar-refractivity contribution in [2.24, 2.45) is 0 Å². The molecule has 4 aromatic rings. The zero-order valence-corrected chi connectivity index (χ0v) is 18.9. The minimum absolute atomic E-state index is 0.0579. The van der Waals surface area contributed by atoms with E-state index in [0.717, 1.165) is 10.9 Å². The first-order valence-corrected chi connectivity index (χ1v) is 10.9. The number of para-hydroxylation sites is 1. The molecule has 37 heavy (non-hydrogen) atoms. The Kier molecular flexibility index (Phi) is 6.96. The van der Waals surface area contributed by atoms with Crippen molar-refractivity contribution in [3.63, 3.8) is 0 Å². The van der Waals surface area contributed by atoms with Crippen molar-refractivity contribution in [1.29, 1.82) is 0 Å². The average molecular weight is 522 g/mol. The molecule has 0 aliphatic carbocycles.